The van der Waals surface area contributed by atoms with Gasteiger partial charge < -0.3 is 15.0 Å². The van der Waals surface area contributed by atoms with Gasteiger partial charge in [-0.05, 0) is 17.7 Å². The molecule has 0 aliphatic carbocycles. The summed E-state index contributed by atoms with van der Waals surface area (Å²) in [4.78, 5) is 6.27. The Bertz CT molecular complexity index is 699. The van der Waals surface area contributed by atoms with Crippen molar-refractivity contribution in [3.05, 3.63) is 66.2 Å². The van der Waals surface area contributed by atoms with Crippen LogP contribution in [0.25, 0.3) is 0 Å². The predicted octanol–water partition coefficient (Wildman–Crippen LogP) is 3.14. The first kappa shape index (κ1) is 23.4. The molecule has 1 N–H and O–H groups in total. The Morgan fingerprint density at radius 2 is 1.74 bits per heavy atom. The van der Waals surface area contributed by atoms with Gasteiger partial charge in [-0.3, -0.25) is 9.20 Å². The number of aliphatic imine (C=N–C) groups is 1. The highest BCUT2D eigenvalue weighted by Crippen LogP contribution is 2.07. The molecule has 2 aromatic carbocycles. The van der Waals surface area contributed by atoms with Crippen LogP contribution in [0.2, 0.25) is 0 Å². The number of rotatable bonds is 9. The first-order valence-corrected chi connectivity index (χ1v) is 10.2. The van der Waals surface area contributed by atoms with Crippen molar-refractivity contribution < 1.29 is 8.95 Å². The molecule has 0 bridgehead atoms. The number of para-hydroxylation sites is 1. The average molecular weight is 501 g/mol. The summed E-state index contributed by atoms with van der Waals surface area (Å²) in [5.41, 5.74) is 1.10. The van der Waals surface area contributed by atoms with Crippen LogP contribution in [0.3, 0.4) is 0 Å². The van der Waals surface area contributed by atoms with Crippen LogP contribution in [0.1, 0.15) is 5.56 Å². The SMILES string of the molecule is CN=C(NCCS(=O)Cc1ccccc1)N(C)CCOc1ccccc1.I. The molecule has 1 unspecified atom stereocenters. The highest BCUT2D eigenvalue weighted by molar-refractivity contribution is 14.0. The number of nitrogens with zero attached hydrogens (tertiary/aromatic N) is 2. The van der Waals surface area contributed by atoms with E-state index in [1.807, 2.05) is 72.6 Å². The summed E-state index contributed by atoms with van der Waals surface area (Å²) < 4.78 is 17.9. The molecule has 2 rings (SSSR count). The second-order valence-corrected chi connectivity index (χ2v) is 7.41. The van der Waals surface area contributed by atoms with Gasteiger partial charge in [-0.1, -0.05) is 48.5 Å². The molecule has 0 saturated heterocycles. The molecule has 2 aromatic rings. The third-order valence-electron chi connectivity index (χ3n) is 3.80. The van der Waals surface area contributed by atoms with Crippen LogP contribution in [0.4, 0.5) is 0 Å². The lowest BCUT2D eigenvalue weighted by molar-refractivity contribution is 0.281. The van der Waals surface area contributed by atoms with Gasteiger partial charge in [0.1, 0.15) is 12.4 Å². The quantitative estimate of drug-likeness (QED) is 0.326. The van der Waals surface area contributed by atoms with E-state index in [0.29, 0.717) is 31.2 Å². The number of likely N-dealkylation sites (N-methyl/N-ethyl adjacent to an activating group) is 1. The maximum absolute atomic E-state index is 12.2. The van der Waals surface area contributed by atoms with E-state index in [1.54, 1.807) is 7.05 Å². The maximum Gasteiger partial charge on any atom is 0.193 e. The van der Waals surface area contributed by atoms with Crippen LogP contribution < -0.4 is 10.1 Å². The van der Waals surface area contributed by atoms with Crippen molar-refractivity contribution >= 4 is 40.7 Å². The smallest absolute Gasteiger partial charge is 0.193 e. The van der Waals surface area contributed by atoms with Crippen molar-refractivity contribution in [2.45, 2.75) is 5.75 Å². The van der Waals surface area contributed by atoms with E-state index in [4.69, 9.17) is 4.74 Å². The molecule has 0 radical (unpaired) electrons. The Labute approximate surface area is 181 Å². The van der Waals surface area contributed by atoms with Crippen molar-refractivity contribution in [2.24, 2.45) is 4.99 Å². The number of ether oxygens (including phenoxy) is 1. The van der Waals surface area contributed by atoms with Gasteiger partial charge in [-0.2, -0.15) is 0 Å². The summed E-state index contributed by atoms with van der Waals surface area (Å²) in [6.07, 6.45) is 0. The van der Waals surface area contributed by atoms with Gasteiger partial charge in [0, 0.05) is 42.9 Å². The van der Waals surface area contributed by atoms with Crippen LogP contribution in [0.5, 0.6) is 5.75 Å². The molecule has 148 valence electrons. The second-order valence-electron chi connectivity index (χ2n) is 5.83. The number of hydrogen-bond acceptors (Lipinski definition) is 3. The van der Waals surface area contributed by atoms with Crippen LogP contribution in [0, 0.1) is 0 Å². The number of benzene rings is 2. The summed E-state index contributed by atoms with van der Waals surface area (Å²) in [5.74, 6) is 2.81. The van der Waals surface area contributed by atoms with Crippen molar-refractivity contribution in [3.63, 3.8) is 0 Å². The van der Waals surface area contributed by atoms with Crippen molar-refractivity contribution in [1.82, 2.24) is 10.2 Å². The number of guanidine groups is 1. The molecule has 0 fully saturated rings. The summed E-state index contributed by atoms with van der Waals surface area (Å²) in [6.45, 7) is 1.90. The third kappa shape index (κ3) is 9.23. The van der Waals surface area contributed by atoms with Gasteiger partial charge in [-0.15, -0.1) is 24.0 Å². The fourth-order valence-corrected chi connectivity index (χ4v) is 3.46. The van der Waals surface area contributed by atoms with Crippen LogP contribution in [0.15, 0.2) is 65.7 Å². The molecule has 0 saturated carbocycles. The summed E-state index contributed by atoms with van der Waals surface area (Å²) in [5, 5.41) is 3.26. The lowest BCUT2D eigenvalue weighted by atomic mass is 10.2. The van der Waals surface area contributed by atoms with Crippen molar-refractivity contribution in [3.8, 4) is 5.75 Å². The van der Waals surface area contributed by atoms with E-state index >= 15 is 0 Å². The molecule has 0 aliphatic rings. The first-order valence-electron chi connectivity index (χ1n) is 8.67. The molecule has 0 amide bonds. The molecule has 0 aromatic heterocycles. The van der Waals surface area contributed by atoms with Crippen LogP contribution in [-0.4, -0.2) is 54.6 Å². The number of halogens is 1. The lowest BCUT2D eigenvalue weighted by Gasteiger charge is -2.22. The summed E-state index contributed by atoms with van der Waals surface area (Å²) in [7, 11) is 2.82. The third-order valence-corrected chi connectivity index (χ3v) is 5.11. The normalized spacial score (nSPS) is 12.0. The van der Waals surface area contributed by atoms with Gasteiger partial charge in [0.25, 0.3) is 0 Å². The zero-order valence-corrected chi connectivity index (χ0v) is 19.0. The average Bonchev–Trinajstić information content (AvgIpc) is 2.67. The summed E-state index contributed by atoms with van der Waals surface area (Å²) >= 11 is 0. The predicted molar refractivity (Wildman–Crippen MR) is 124 cm³/mol. The zero-order chi connectivity index (χ0) is 18.6. The number of hydrogen-bond donors (Lipinski definition) is 1. The molecule has 5 nitrogen and oxygen atoms in total. The van der Waals surface area contributed by atoms with Gasteiger partial charge in [-0.25, -0.2) is 0 Å². The van der Waals surface area contributed by atoms with Crippen molar-refractivity contribution in [2.75, 3.05) is 39.5 Å². The van der Waals surface area contributed by atoms with E-state index in [0.717, 1.165) is 17.3 Å². The maximum atomic E-state index is 12.2. The molecule has 27 heavy (non-hydrogen) atoms. The van der Waals surface area contributed by atoms with Gasteiger partial charge in [0.2, 0.25) is 0 Å². The second kappa shape index (κ2) is 13.5. The Balaban J connectivity index is 0.00000364. The van der Waals surface area contributed by atoms with Crippen LogP contribution in [-0.2, 0) is 16.6 Å². The minimum atomic E-state index is -0.894. The first-order chi connectivity index (χ1) is 12.7. The summed E-state index contributed by atoms with van der Waals surface area (Å²) in [6, 6.07) is 19.7. The van der Waals surface area contributed by atoms with Gasteiger partial charge >= 0.3 is 0 Å². The molecular formula is C20H28IN3O2S. The topological polar surface area (TPSA) is 53.9 Å². The van der Waals surface area contributed by atoms with Crippen molar-refractivity contribution in [1.29, 1.82) is 0 Å². The molecule has 0 spiro atoms. The van der Waals surface area contributed by atoms with E-state index in [-0.39, 0.29) is 24.0 Å². The largest absolute Gasteiger partial charge is 0.492 e. The zero-order valence-electron chi connectivity index (χ0n) is 15.8. The fraction of sp³-hybridized carbons (Fsp3) is 0.350. The van der Waals surface area contributed by atoms with E-state index in [2.05, 4.69) is 10.3 Å². The number of nitrogens with one attached hydrogen (secondary N) is 1. The fourth-order valence-electron chi connectivity index (χ4n) is 2.42. The lowest BCUT2D eigenvalue weighted by Crippen LogP contribution is -2.42. The van der Waals surface area contributed by atoms with E-state index in [9.17, 15) is 4.21 Å². The monoisotopic (exact) mass is 501 g/mol. The van der Waals surface area contributed by atoms with Gasteiger partial charge in [0.15, 0.2) is 5.96 Å². The molecular weight excluding hydrogens is 473 g/mol. The minimum absolute atomic E-state index is 0. The Morgan fingerprint density at radius 3 is 2.37 bits per heavy atom. The standard InChI is InChI=1S/C20H27N3O2S.HI/c1-21-20(23(2)14-15-25-19-11-7-4-8-12-19)22-13-16-26(24)17-18-9-5-3-6-10-18;/h3-12H,13-17H2,1-2H3,(H,21,22);1H. The Kier molecular flexibility index (Phi) is 11.8. The van der Waals surface area contributed by atoms with Crippen LogP contribution >= 0.6 is 24.0 Å². The molecule has 7 heteroatoms. The van der Waals surface area contributed by atoms with E-state index < -0.39 is 10.8 Å². The van der Waals surface area contributed by atoms with Gasteiger partial charge in [0.05, 0.1) is 6.54 Å². The highest BCUT2D eigenvalue weighted by Gasteiger charge is 2.07. The molecule has 0 heterocycles. The minimum Gasteiger partial charge on any atom is -0.492 e. The molecule has 1 atom stereocenters. The highest BCUT2D eigenvalue weighted by atomic mass is 127. The Hall–Kier alpha value is -1.61. The molecule has 0 aliphatic heterocycles. The van der Waals surface area contributed by atoms with E-state index in [1.165, 1.54) is 0 Å². The Morgan fingerprint density at radius 1 is 1.11 bits per heavy atom.